The zero-order chi connectivity index (χ0) is 12.7. The second-order valence-electron chi connectivity index (χ2n) is 3.66. The van der Waals surface area contributed by atoms with Gasteiger partial charge in [-0.2, -0.15) is 0 Å². The van der Waals surface area contributed by atoms with Crippen molar-refractivity contribution in [2.75, 3.05) is 13.2 Å². The molecule has 1 heterocycles. The Kier molecular flexibility index (Phi) is 5.51. The number of nitrogens with zero attached hydrogens (tertiary/aromatic N) is 2. The van der Waals surface area contributed by atoms with Gasteiger partial charge in [-0.3, -0.25) is 0 Å². The molecule has 1 rings (SSSR count). The predicted molar refractivity (Wildman–Crippen MR) is 59.7 cm³/mol. The first-order valence-corrected chi connectivity index (χ1v) is 5.32. The number of ether oxygens (including phenoxy) is 2. The SMILES string of the molecule is CC(C)OCCOCc1ncncc1C(=O)O. The summed E-state index contributed by atoms with van der Waals surface area (Å²) in [5.74, 6) is -1.05. The van der Waals surface area contributed by atoms with E-state index in [1.54, 1.807) is 0 Å². The van der Waals surface area contributed by atoms with E-state index in [-0.39, 0.29) is 18.3 Å². The third kappa shape index (κ3) is 4.88. The lowest BCUT2D eigenvalue weighted by molar-refractivity contribution is 0.0132. The maximum atomic E-state index is 10.8. The Morgan fingerprint density at radius 3 is 2.88 bits per heavy atom. The number of carboxylic acids is 1. The van der Waals surface area contributed by atoms with Crippen molar-refractivity contribution in [2.24, 2.45) is 0 Å². The fourth-order valence-electron chi connectivity index (χ4n) is 1.16. The molecule has 1 aromatic rings. The zero-order valence-electron chi connectivity index (χ0n) is 9.92. The molecule has 0 aliphatic carbocycles. The molecule has 0 atom stereocenters. The van der Waals surface area contributed by atoms with Gasteiger partial charge in [-0.15, -0.1) is 0 Å². The maximum absolute atomic E-state index is 10.8. The fourth-order valence-corrected chi connectivity index (χ4v) is 1.16. The number of aromatic carboxylic acids is 1. The lowest BCUT2D eigenvalue weighted by atomic mass is 10.2. The van der Waals surface area contributed by atoms with Crippen LogP contribution in [0.15, 0.2) is 12.5 Å². The monoisotopic (exact) mass is 240 g/mol. The largest absolute Gasteiger partial charge is 0.478 e. The molecule has 6 heteroatoms. The molecular formula is C11H16N2O4. The van der Waals surface area contributed by atoms with Crippen molar-refractivity contribution in [1.82, 2.24) is 9.97 Å². The Bertz CT molecular complexity index is 368. The number of carboxylic acid groups (broad SMARTS) is 1. The Morgan fingerprint density at radius 2 is 2.24 bits per heavy atom. The highest BCUT2D eigenvalue weighted by atomic mass is 16.5. The molecule has 0 fully saturated rings. The molecule has 0 aliphatic heterocycles. The quantitative estimate of drug-likeness (QED) is 0.719. The fraction of sp³-hybridized carbons (Fsp3) is 0.545. The molecule has 1 aromatic heterocycles. The van der Waals surface area contributed by atoms with Gasteiger partial charge in [-0.1, -0.05) is 0 Å². The molecule has 0 spiro atoms. The standard InChI is InChI=1S/C11H16N2O4/c1-8(2)17-4-3-16-6-10-9(11(14)15)5-12-7-13-10/h5,7-8H,3-4,6H2,1-2H3,(H,14,15). The van der Waals surface area contributed by atoms with Crippen LogP contribution in [0.5, 0.6) is 0 Å². The molecule has 94 valence electrons. The number of carbonyl (C=O) groups is 1. The van der Waals surface area contributed by atoms with Gasteiger partial charge < -0.3 is 14.6 Å². The van der Waals surface area contributed by atoms with Crippen molar-refractivity contribution in [2.45, 2.75) is 26.6 Å². The third-order valence-electron chi connectivity index (χ3n) is 1.94. The van der Waals surface area contributed by atoms with E-state index in [9.17, 15) is 4.79 Å². The number of rotatable bonds is 7. The molecule has 0 radical (unpaired) electrons. The van der Waals surface area contributed by atoms with Crippen LogP contribution >= 0.6 is 0 Å². The lowest BCUT2D eigenvalue weighted by Gasteiger charge is -2.08. The van der Waals surface area contributed by atoms with Crippen LogP contribution in [0.2, 0.25) is 0 Å². The normalized spacial score (nSPS) is 10.8. The Labute approximate surface area is 99.6 Å². The summed E-state index contributed by atoms with van der Waals surface area (Å²) in [7, 11) is 0. The lowest BCUT2D eigenvalue weighted by Crippen LogP contribution is -2.12. The van der Waals surface area contributed by atoms with Crippen LogP contribution in [-0.4, -0.2) is 40.4 Å². The van der Waals surface area contributed by atoms with E-state index in [0.717, 1.165) is 0 Å². The Morgan fingerprint density at radius 1 is 1.47 bits per heavy atom. The van der Waals surface area contributed by atoms with Gasteiger partial charge in [0.1, 0.15) is 11.9 Å². The molecule has 1 N–H and O–H groups in total. The highest BCUT2D eigenvalue weighted by Crippen LogP contribution is 2.05. The van der Waals surface area contributed by atoms with Crippen LogP contribution in [0.4, 0.5) is 0 Å². The van der Waals surface area contributed by atoms with Gasteiger partial charge >= 0.3 is 5.97 Å². The summed E-state index contributed by atoms with van der Waals surface area (Å²) < 4.78 is 10.6. The third-order valence-corrected chi connectivity index (χ3v) is 1.94. The van der Waals surface area contributed by atoms with Gasteiger partial charge in [0.25, 0.3) is 0 Å². The van der Waals surface area contributed by atoms with Crippen LogP contribution in [0.25, 0.3) is 0 Å². The predicted octanol–water partition coefficient (Wildman–Crippen LogP) is 1.12. The molecule has 0 aliphatic rings. The zero-order valence-corrected chi connectivity index (χ0v) is 9.92. The molecule has 0 bridgehead atoms. The van der Waals surface area contributed by atoms with Crippen molar-refractivity contribution >= 4 is 5.97 Å². The maximum Gasteiger partial charge on any atom is 0.339 e. The summed E-state index contributed by atoms with van der Waals surface area (Å²) in [5.41, 5.74) is 0.439. The minimum Gasteiger partial charge on any atom is -0.478 e. The second kappa shape index (κ2) is 6.93. The molecule has 0 saturated heterocycles. The van der Waals surface area contributed by atoms with Gasteiger partial charge in [0.2, 0.25) is 0 Å². The van der Waals surface area contributed by atoms with Crippen molar-refractivity contribution in [3.8, 4) is 0 Å². The number of hydrogen-bond acceptors (Lipinski definition) is 5. The molecule has 0 saturated carbocycles. The number of aromatic nitrogens is 2. The topological polar surface area (TPSA) is 81.5 Å². The first-order valence-electron chi connectivity index (χ1n) is 5.32. The first-order chi connectivity index (χ1) is 8.11. The van der Waals surface area contributed by atoms with Crippen molar-refractivity contribution in [3.63, 3.8) is 0 Å². The average molecular weight is 240 g/mol. The van der Waals surface area contributed by atoms with E-state index in [2.05, 4.69) is 9.97 Å². The Hall–Kier alpha value is -1.53. The molecule has 0 unspecified atom stereocenters. The van der Waals surface area contributed by atoms with E-state index in [0.29, 0.717) is 18.9 Å². The van der Waals surface area contributed by atoms with Gasteiger partial charge in [0.05, 0.1) is 31.6 Å². The minimum absolute atomic E-state index is 0.0669. The highest BCUT2D eigenvalue weighted by Gasteiger charge is 2.10. The highest BCUT2D eigenvalue weighted by molar-refractivity contribution is 5.88. The second-order valence-corrected chi connectivity index (χ2v) is 3.66. The molecule has 17 heavy (non-hydrogen) atoms. The van der Waals surface area contributed by atoms with Crippen LogP contribution < -0.4 is 0 Å². The van der Waals surface area contributed by atoms with Crippen molar-refractivity contribution in [1.29, 1.82) is 0 Å². The van der Waals surface area contributed by atoms with E-state index in [4.69, 9.17) is 14.6 Å². The first kappa shape index (κ1) is 13.5. The molecule has 6 nitrogen and oxygen atoms in total. The van der Waals surface area contributed by atoms with Crippen molar-refractivity contribution in [3.05, 3.63) is 23.8 Å². The summed E-state index contributed by atoms with van der Waals surface area (Å²) in [6.07, 6.45) is 2.72. The molecule has 0 amide bonds. The average Bonchev–Trinajstić information content (AvgIpc) is 2.28. The van der Waals surface area contributed by atoms with Crippen LogP contribution in [-0.2, 0) is 16.1 Å². The van der Waals surface area contributed by atoms with Crippen molar-refractivity contribution < 1.29 is 19.4 Å². The molecular weight excluding hydrogens is 224 g/mol. The van der Waals surface area contributed by atoms with E-state index >= 15 is 0 Å². The van der Waals surface area contributed by atoms with Gasteiger partial charge in [-0.25, -0.2) is 14.8 Å². The summed E-state index contributed by atoms with van der Waals surface area (Å²) in [5, 5.41) is 8.88. The van der Waals surface area contributed by atoms with E-state index in [1.807, 2.05) is 13.8 Å². The smallest absolute Gasteiger partial charge is 0.339 e. The van der Waals surface area contributed by atoms with Crippen LogP contribution in [0, 0.1) is 0 Å². The summed E-state index contributed by atoms with van der Waals surface area (Å²) in [6.45, 7) is 4.90. The number of hydrogen-bond donors (Lipinski definition) is 1. The van der Waals surface area contributed by atoms with Gasteiger partial charge in [-0.05, 0) is 13.8 Å². The molecule has 0 aromatic carbocycles. The minimum atomic E-state index is -1.05. The summed E-state index contributed by atoms with van der Waals surface area (Å²) in [4.78, 5) is 18.4. The van der Waals surface area contributed by atoms with Gasteiger partial charge in [0, 0.05) is 6.20 Å². The van der Waals surface area contributed by atoms with Crippen LogP contribution in [0.1, 0.15) is 29.9 Å². The van der Waals surface area contributed by atoms with Gasteiger partial charge in [0.15, 0.2) is 0 Å². The summed E-state index contributed by atoms with van der Waals surface area (Å²) >= 11 is 0. The van der Waals surface area contributed by atoms with Crippen LogP contribution in [0.3, 0.4) is 0 Å². The Balaban J connectivity index is 2.39. The van der Waals surface area contributed by atoms with E-state index in [1.165, 1.54) is 12.5 Å². The summed E-state index contributed by atoms with van der Waals surface area (Å²) in [6, 6.07) is 0. The van der Waals surface area contributed by atoms with E-state index < -0.39 is 5.97 Å².